The molecule has 2 bridgehead atoms. The van der Waals surface area contributed by atoms with E-state index in [2.05, 4.69) is 22.0 Å². The van der Waals surface area contributed by atoms with Crippen LogP contribution in [0.2, 0.25) is 0 Å². The first-order valence-corrected chi connectivity index (χ1v) is 5.11. The van der Waals surface area contributed by atoms with Crippen molar-refractivity contribution in [2.75, 3.05) is 0 Å². The summed E-state index contributed by atoms with van der Waals surface area (Å²) in [5.74, 6) is 0. The van der Waals surface area contributed by atoms with Gasteiger partial charge in [-0.1, -0.05) is 41.9 Å². The standard InChI is InChI=1S/C9H13BrO2/c1-9(2)6-4-3-5(12-6)7(10)8(9)11/h3-8,11H,1-2H3. The van der Waals surface area contributed by atoms with Gasteiger partial charge in [0.15, 0.2) is 0 Å². The van der Waals surface area contributed by atoms with Gasteiger partial charge in [0.2, 0.25) is 0 Å². The zero-order chi connectivity index (χ0) is 8.93. The SMILES string of the molecule is CC1(C)C2C=CC(O2)C(Br)C1O. The lowest BCUT2D eigenvalue weighted by Crippen LogP contribution is -2.53. The molecule has 0 aliphatic carbocycles. The van der Waals surface area contributed by atoms with Crippen LogP contribution in [0.5, 0.6) is 0 Å². The molecule has 68 valence electrons. The van der Waals surface area contributed by atoms with Crippen LogP contribution in [-0.2, 0) is 4.74 Å². The van der Waals surface area contributed by atoms with Gasteiger partial charge in [-0.25, -0.2) is 0 Å². The quantitative estimate of drug-likeness (QED) is 0.507. The molecule has 0 amide bonds. The van der Waals surface area contributed by atoms with Crippen LogP contribution in [0.4, 0.5) is 0 Å². The number of halogens is 1. The number of ether oxygens (including phenoxy) is 1. The van der Waals surface area contributed by atoms with Crippen LogP contribution in [0.25, 0.3) is 0 Å². The van der Waals surface area contributed by atoms with E-state index in [1.807, 2.05) is 19.9 Å². The molecule has 0 aromatic heterocycles. The number of fused-ring (bicyclic) bond motifs is 2. The van der Waals surface area contributed by atoms with Crippen LogP contribution in [0.3, 0.4) is 0 Å². The summed E-state index contributed by atoms with van der Waals surface area (Å²) in [6.07, 6.45) is 3.87. The maximum absolute atomic E-state index is 9.92. The average Bonchev–Trinajstić information content (AvgIpc) is 2.46. The Balaban J connectivity index is 2.32. The van der Waals surface area contributed by atoms with E-state index in [9.17, 15) is 5.11 Å². The fourth-order valence-electron chi connectivity index (χ4n) is 1.83. The molecule has 2 heterocycles. The third-order valence-electron chi connectivity index (χ3n) is 2.89. The van der Waals surface area contributed by atoms with Crippen LogP contribution >= 0.6 is 15.9 Å². The average molecular weight is 233 g/mol. The number of rotatable bonds is 0. The van der Waals surface area contributed by atoms with Crippen molar-refractivity contribution in [2.45, 2.75) is 37.0 Å². The lowest BCUT2D eigenvalue weighted by Gasteiger charge is -2.43. The molecule has 4 unspecified atom stereocenters. The Bertz CT molecular complexity index is 225. The third kappa shape index (κ3) is 0.998. The zero-order valence-corrected chi connectivity index (χ0v) is 8.78. The van der Waals surface area contributed by atoms with E-state index in [1.54, 1.807) is 0 Å². The number of hydrogen-bond acceptors (Lipinski definition) is 2. The smallest absolute Gasteiger partial charge is 0.0915 e. The Morgan fingerprint density at radius 3 is 2.75 bits per heavy atom. The van der Waals surface area contributed by atoms with Gasteiger partial charge >= 0.3 is 0 Å². The first-order chi connectivity index (χ1) is 5.53. The highest BCUT2D eigenvalue weighted by atomic mass is 79.9. The number of alkyl halides is 1. The van der Waals surface area contributed by atoms with Gasteiger partial charge in [-0.05, 0) is 0 Å². The first-order valence-electron chi connectivity index (χ1n) is 4.19. The molecule has 0 aromatic rings. The summed E-state index contributed by atoms with van der Waals surface area (Å²) < 4.78 is 5.68. The zero-order valence-electron chi connectivity index (χ0n) is 7.20. The minimum Gasteiger partial charge on any atom is -0.391 e. The van der Waals surface area contributed by atoms with Gasteiger partial charge in [-0.15, -0.1) is 0 Å². The van der Waals surface area contributed by atoms with Crippen LogP contribution in [0, 0.1) is 5.41 Å². The fraction of sp³-hybridized carbons (Fsp3) is 0.778. The third-order valence-corrected chi connectivity index (χ3v) is 3.91. The molecule has 0 radical (unpaired) electrons. The van der Waals surface area contributed by atoms with Crippen LogP contribution in [-0.4, -0.2) is 28.2 Å². The monoisotopic (exact) mass is 232 g/mol. The Kier molecular flexibility index (Phi) is 1.86. The van der Waals surface area contributed by atoms with E-state index in [1.165, 1.54) is 0 Å². The van der Waals surface area contributed by atoms with Gasteiger partial charge in [0.25, 0.3) is 0 Å². The van der Waals surface area contributed by atoms with Crippen LogP contribution in [0.1, 0.15) is 13.8 Å². The van der Waals surface area contributed by atoms with Crippen molar-refractivity contribution in [2.24, 2.45) is 5.41 Å². The predicted octanol–water partition coefficient (Wildman–Crippen LogP) is 1.47. The van der Waals surface area contributed by atoms with Crippen molar-refractivity contribution in [3.63, 3.8) is 0 Å². The lowest BCUT2D eigenvalue weighted by atomic mass is 9.78. The van der Waals surface area contributed by atoms with Gasteiger partial charge in [-0.3, -0.25) is 0 Å². The summed E-state index contributed by atoms with van der Waals surface area (Å²) >= 11 is 3.46. The second kappa shape index (κ2) is 2.56. The van der Waals surface area contributed by atoms with Crippen LogP contribution < -0.4 is 0 Å². The van der Waals surface area contributed by atoms with Gasteiger partial charge in [0, 0.05) is 5.41 Å². The Hall–Kier alpha value is 0.140. The second-order valence-corrected chi connectivity index (χ2v) is 5.17. The number of hydrogen-bond donors (Lipinski definition) is 1. The molecule has 12 heavy (non-hydrogen) atoms. The van der Waals surface area contributed by atoms with Crippen molar-refractivity contribution in [1.82, 2.24) is 0 Å². The molecule has 1 N–H and O–H groups in total. The number of aliphatic hydroxyl groups excluding tert-OH is 1. The lowest BCUT2D eigenvalue weighted by molar-refractivity contribution is -0.121. The van der Waals surface area contributed by atoms with Crippen molar-refractivity contribution in [3.8, 4) is 0 Å². The van der Waals surface area contributed by atoms with Crippen molar-refractivity contribution in [1.29, 1.82) is 0 Å². The summed E-state index contributed by atoms with van der Waals surface area (Å²) in [6, 6.07) is 0. The van der Waals surface area contributed by atoms with E-state index in [0.717, 1.165) is 0 Å². The molecule has 4 atom stereocenters. The molecule has 2 rings (SSSR count). The van der Waals surface area contributed by atoms with Crippen molar-refractivity contribution in [3.05, 3.63) is 12.2 Å². The van der Waals surface area contributed by atoms with Gasteiger partial charge < -0.3 is 9.84 Å². The summed E-state index contributed by atoms with van der Waals surface area (Å²) in [4.78, 5) is 0.0301. The second-order valence-electron chi connectivity index (χ2n) is 4.12. The molecule has 2 aliphatic rings. The van der Waals surface area contributed by atoms with Gasteiger partial charge in [0.1, 0.15) is 0 Å². The molecular formula is C9H13BrO2. The molecular weight excluding hydrogens is 220 g/mol. The summed E-state index contributed by atoms with van der Waals surface area (Å²) in [5.41, 5.74) is -0.183. The number of aliphatic hydroxyl groups is 1. The minimum atomic E-state index is -0.337. The van der Waals surface area contributed by atoms with E-state index in [4.69, 9.17) is 4.74 Å². The molecule has 3 heteroatoms. The molecule has 1 fully saturated rings. The molecule has 1 saturated heterocycles. The highest BCUT2D eigenvalue weighted by Gasteiger charge is 2.50. The molecule has 0 saturated carbocycles. The van der Waals surface area contributed by atoms with Crippen LogP contribution in [0.15, 0.2) is 12.2 Å². The topological polar surface area (TPSA) is 29.5 Å². The highest BCUT2D eigenvalue weighted by Crippen LogP contribution is 2.43. The summed E-state index contributed by atoms with van der Waals surface area (Å²) in [7, 11) is 0. The maximum atomic E-state index is 9.92. The predicted molar refractivity (Wildman–Crippen MR) is 50.3 cm³/mol. The highest BCUT2D eigenvalue weighted by molar-refractivity contribution is 9.09. The van der Waals surface area contributed by atoms with E-state index < -0.39 is 0 Å². The van der Waals surface area contributed by atoms with E-state index in [0.29, 0.717) is 0 Å². The minimum absolute atomic E-state index is 0.0301. The molecule has 0 aromatic carbocycles. The Morgan fingerprint density at radius 2 is 2.08 bits per heavy atom. The summed E-state index contributed by atoms with van der Waals surface area (Å²) in [6.45, 7) is 4.06. The van der Waals surface area contributed by atoms with Gasteiger partial charge in [-0.2, -0.15) is 0 Å². The van der Waals surface area contributed by atoms with E-state index in [-0.39, 0.29) is 28.6 Å². The Morgan fingerprint density at radius 1 is 1.42 bits per heavy atom. The molecule has 0 spiro atoms. The normalized spacial score (nSPS) is 49.7. The Labute approximate surface area is 80.7 Å². The molecule has 2 nitrogen and oxygen atoms in total. The van der Waals surface area contributed by atoms with Crippen molar-refractivity contribution >= 4 is 15.9 Å². The largest absolute Gasteiger partial charge is 0.391 e. The maximum Gasteiger partial charge on any atom is 0.0915 e. The van der Waals surface area contributed by atoms with Gasteiger partial charge in [0.05, 0.1) is 23.1 Å². The van der Waals surface area contributed by atoms with Crippen molar-refractivity contribution < 1.29 is 9.84 Å². The summed E-state index contributed by atoms with van der Waals surface area (Å²) in [5, 5.41) is 9.92. The molecule has 2 aliphatic heterocycles. The van der Waals surface area contributed by atoms with E-state index >= 15 is 0 Å². The fourth-order valence-corrected chi connectivity index (χ4v) is 2.82. The first kappa shape index (κ1) is 8.73.